The number of rotatable bonds is 5. The highest BCUT2D eigenvalue weighted by Crippen LogP contribution is 2.40. The van der Waals surface area contributed by atoms with E-state index in [-0.39, 0.29) is 11.6 Å². The molecule has 178 valence electrons. The van der Waals surface area contributed by atoms with Gasteiger partial charge in [-0.2, -0.15) is 0 Å². The number of benzene rings is 1. The molecule has 1 aromatic carbocycles. The van der Waals surface area contributed by atoms with Crippen molar-refractivity contribution < 1.29 is 24.1 Å². The number of hydrogen-bond donors (Lipinski definition) is 2. The third kappa shape index (κ3) is 5.05. The number of carbonyl (C=O) groups excluding carboxylic acids is 1. The first-order valence-corrected chi connectivity index (χ1v) is 11.5. The first-order valence-electron chi connectivity index (χ1n) is 11.5. The molecule has 1 aliphatic heterocycles. The Labute approximate surface area is 194 Å². The van der Waals surface area contributed by atoms with E-state index in [9.17, 15) is 9.90 Å². The molecular weight excluding hydrogens is 422 g/mol. The van der Waals surface area contributed by atoms with Crippen LogP contribution in [0.3, 0.4) is 0 Å². The summed E-state index contributed by atoms with van der Waals surface area (Å²) in [5, 5.41) is 20.0. The Morgan fingerprint density at radius 1 is 1.33 bits per heavy atom. The van der Waals surface area contributed by atoms with Crippen LogP contribution in [0.15, 0.2) is 24.4 Å². The van der Waals surface area contributed by atoms with Gasteiger partial charge < -0.3 is 24.2 Å². The molecule has 3 atom stereocenters. The van der Waals surface area contributed by atoms with Gasteiger partial charge >= 0.3 is 5.97 Å². The number of nitrogens with one attached hydrogen (secondary N) is 1. The van der Waals surface area contributed by atoms with E-state index in [1.165, 1.54) is 0 Å². The lowest BCUT2D eigenvalue weighted by Gasteiger charge is -2.38. The molecule has 8 heteroatoms. The van der Waals surface area contributed by atoms with Crippen molar-refractivity contribution in [3.63, 3.8) is 0 Å². The van der Waals surface area contributed by atoms with Crippen molar-refractivity contribution in [2.24, 2.45) is 11.8 Å². The molecule has 3 unspecified atom stereocenters. The van der Waals surface area contributed by atoms with Crippen LogP contribution in [0.25, 0.3) is 10.9 Å². The van der Waals surface area contributed by atoms with E-state index in [4.69, 9.17) is 19.6 Å². The molecule has 2 heterocycles. The number of aliphatic hydroxyl groups excluding tert-OH is 1. The Morgan fingerprint density at radius 2 is 2.12 bits per heavy atom. The van der Waals surface area contributed by atoms with Gasteiger partial charge in [-0.05, 0) is 64.2 Å². The van der Waals surface area contributed by atoms with Gasteiger partial charge in [0.05, 0.1) is 37.2 Å². The summed E-state index contributed by atoms with van der Waals surface area (Å²) in [6.45, 7) is 7.41. The van der Waals surface area contributed by atoms with E-state index in [0.717, 1.165) is 47.6 Å². The highest BCUT2D eigenvalue weighted by molar-refractivity contribution is 6.36. The smallest absolute Gasteiger partial charge is 0.352 e. The van der Waals surface area contributed by atoms with Gasteiger partial charge in [0.1, 0.15) is 23.7 Å². The van der Waals surface area contributed by atoms with Crippen molar-refractivity contribution in [2.75, 3.05) is 31.7 Å². The summed E-state index contributed by atoms with van der Waals surface area (Å²) in [5.41, 5.74) is 1.09. The highest BCUT2D eigenvalue weighted by Gasteiger charge is 2.37. The lowest BCUT2D eigenvalue weighted by Crippen LogP contribution is -2.43. The highest BCUT2D eigenvalue weighted by atomic mass is 16.6. The van der Waals surface area contributed by atoms with Gasteiger partial charge in [-0.1, -0.05) is 0 Å². The van der Waals surface area contributed by atoms with E-state index in [1.807, 2.05) is 18.2 Å². The number of hydrogen-bond acceptors (Lipinski definition) is 8. The van der Waals surface area contributed by atoms with Crippen LogP contribution < -0.4 is 14.4 Å². The van der Waals surface area contributed by atoms with Crippen LogP contribution in [0.2, 0.25) is 0 Å². The minimum absolute atomic E-state index is 0.128. The van der Waals surface area contributed by atoms with Crippen LogP contribution in [0, 0.1) is 17.2 Å². The van der Waals surface area contributed by atoms with Gasteiger partial charge in [0, 0.05) is 17.8 Å². The minimum Gasteiger partial charge on any atom is -0.497 e. The predicted molar refractivity (Wildman–Crippen MR) is 126 cm³/mol. The first-order chi connectivity index (χ1) is 15.7. The van der Waals surface area contributed by atoms with Crippen molar-refractivity contribution >= 4 is 28.3 Å². The van der Waals surface area contributed by atoms with Crippen molar-refractivity contribution in [1.29, 1.82) is 5.41 Å². The summed E-state index contributed by atoms with van der Waals surface area (Å²) in [7, 11) is 1.65. The van der Waals surface area contributed by atoms with Crippen LogP contribution in [0.1, 0.15) is 40.0 Å². The lowest BCUT2D eigenvalue weighted by atomic mass is 9.77. The number of ether oxygens (including phenoxy) is 3. The van der Waals surface area contributed by atoms with Gasteiger partial charge in [-0.3, -0.25) is 10.4 Å². The fourth-order valence-corrected chi connectivity index (χ4v) is 4.79. The number of methoxy groups -OCH3 is 1. The van der Waals surface area contributed by atoms with Gasteiger partial charge in [0.25, 0.3) is 0 Å². The van der Waals surface area contributed by atoms with E-state index in [1.54, 1.807) is 34.1 Å². The molecule has 2 N–H and O–H groups in total. The molecule has 2 aliphatic rings. The monoisotopic (exact) mass is 455 g/mol. The zero-order chi connectivity index (χ0) is 23.8. The molecule has 4 rings (SSSR count). The van der Waals surface area contributed by atoms with Crippen LogP contribution in [0.5, 0.6) is 11.5 Å². The summed E-state index contributed by atoms with van der Waals surface area (Å²) >= 11 is 0. The fraction of sp³-hybridized carbons (Fsp3) is 0.560. The number of carbonyl (C=O) groups is 1. The summed E-state index contributed by atoms with van der Waals surface area (Å²) in [6, 6.07) is 5.82. The number of aromatic nitrogens is 1. The quantitative estimate of drug-likeness (QED) is 0.524. The maximum atomic E-state index is 12.3. The van der Waals surface area contributed by atoms with Crippen LogP contribution >= 0.6 is 0 Å². The molecule has 0 spiro atoms. The maximum Gasteiger partial charge on any atom is 0.352 e. The molecule has 1 aromatic heterocycles. The normalized spacial score (nSPS) is 22.9. The van der Waals surface area contributed by atoms with E-state index < -0.39 is 23.6 Å². The van der Waals surface area contributed by atoms with Crippen LogP contribution in [-0.4, -0.2) is 60.3 Å². The topological polar surface area (TPSA) is 105 Å². The maximum absolute atomic E-state index is 12.3. The van der Waals surface area contributed by atoms with Gasteiger partial charge in [-0.15, -0.1) is 0 Å². The van der Waals surface area contributed by atoms with Crippen molar-refractivity contribution in [2.45, 2.75) is 51.7 Å². The molecule has 1 saturated carbocycles. The Kier molecular flexibility index (Phi) is 6.47. The molecule has 0 radical (unpaired) electrons. The fourth-order valence-electron chi connectivity index (χ4n) is 4.79. The van der Waals surface area contributed by atoms with Crippen molar-refractivity contribution in [3.8, 4) is 11.5 Å². The van der Waals surface area contributed by atoms with Gasteiger partial charge in [-0.25, -0.2) is 4.79 Å². The minimum atomic E-state index is -0.737. The molecular formula is C25H33N3O5. The van der Waals surface area contributed by atoms with E-state index in [0.29, 0.717) is 19.4 Å². The Balaban J connectivity index is 1.48. The molecule has 33 heavy (non-hydrogen) atoms. The number of aliphatic hydroxyl groups is 1. The third-order valence-electron chi connectivity index (χ3n) is 6.34. The Morgan fingerprint density at radius 3 is 2.82 bits per heavy atom. The van der Waals surface area contributed by atoms with Gasteiger partial charge in [0.2, 0.25) is 0 Å². The Hall–Kier alpha value is -2.87. The molecule has 2 aromatic rings. The second-order valence-electron chi connectivity index (χ2n) is 9.92. The van der Waals surface area contributed by atoms with E-state index in [2.05, 4.69) is 9.88 Å². The summed E-state index contributed by atoms with van der Waals surface area (Å²) in [6.07, 6.45) is 2.98. The zero-order valence-corrected chi connectivity index (χ0v) is 19.8. The molecule has 8 nitrogen and oxygen atoms in total. The summed E-state index contributed by atoms with van der Waals surface area (Å²) < 4.78 is 16.6. The second-order valence-corrected chi connectivity index (χ2v) is 9.92. The molecule has 1 aliphatic carbocycles. The average Bonchev–Trinajstić information content (AvgIpc) is 2.77. The van der Waals surface area contributed by atoms with Gasteiger partial charge in [0.15, 0.2) is 5.75 Å². The van der Waals surface area contributed by atoms with E-state index >= 15 is 0 Å². The van der Waals surface area contributed by atoms with Crippen molar-refractivity contribution in [3.05, 3.63) is 24.4 Å². The second kappa shape index (κ2) is 9.17. The number of pyridine rings is 1. The van der Waals surface area contributed by atoms with Crippen LogP contribution in [-0.2, 0) is 9.53 Å². The first kappa shape index (κ1) is 23.3. The molecule has 1 fully saturated rings. The average molecular weight is 456 g/mol. The van der Waals surface area contributed by atoms with Crippen LogP contribution in [0.4, 0.5) is 5.69 Å². The Bertz CT molecular complexity index is 1040. The lowest BCUT2D eigenvalue weighted by molar-refractivity contribution is -0.147. The summed E-state index contributed by atoms with van der Waals surface area (Å²) in [4.78, 5) is 19.1. The third-order valence-corrected chi connectivity index (χ3v) is 6.34. The number of esters is 1. The molecule has 0 amide bonds. The number of fused-ring (bicyclic) bond motifs is 3. The number of nitrogens with zero attached hydrogens (tertiary/aromatic N) is 2. The van der Waals surface area contributed by atoms with Crippen molar-refractivity contribution in [1.82, 2.24) is 4.98 Å². The predicted octanol–water partition coefficient (Wildman–Crippen LogP) is 3.58. The largest absolute Gasteiger partial charge is 0.497 e. The SMILES string of the molecule is COc1ccc2ncc3c(c2c1)N(CC1CCC(C(=N)C(=O)OC(C)(C)C)C(O)C1)CCO3. The molecule has 0 saturated heterocycles. The zero-order valence-electron chi connectivity index (χ0n) is 19.8. The molecule has 0 bridgehead atoms. The summed E-state index contributed by atoms with van der Waals surface area (Å²) in [5.74, 6) is 0.632. The standard InChI is InChI=1S/C25H33N3O5/c1-25(2,3)33-24(30)22(26)17-7-5-15(11-20(17)29)14-28-9-10-32-21-13-27-19-8-6-16(31-4)12-18(19)23(21)28/h6,8,12-13,15,17,20,26,29H,5,7,9-11,14H2,1-4H3. The number of anilines is 1.